The first-order valence-corrected chi connectivity index (χ1v) is 6.69. The number of hydrogen-bond donors (Lipinski definition) is 3. The lowest BCUT2D eigenvalue weighted by molar-refractivity contribution is 0.00535. The molecule has 1 rings (SSSR count). The highest BCUT2D eigenvalue weighted by Crippen LogP contribution is 2.26. The van der Waals surface area contributed by atoms with Crippen LogP contribution >= 0.6 is 0 Å². The molecule has 0 saturated carbocycles. The minimum atomic E-state index is -0.719. The predicted molar refractivity (Wildman–Crippen MR) is 76.4 cm³/mol. The molecule has 0 aliphatic carbocycles. The van der Waals surface area contributed by atoms with Crippen LogP contribution in [0.25, 0.3) is 0 Å². The van der Waals surface area contributed by atoms with Crippen LogP contribution in [0.3, 0.4) is 0 Å². The van der Waals surface area contributed by atoms with E-state index in [-0.39, 0.29) is 11.7 Å². The number of phenols is 1. The third kappa shape index (κ3) is 4.40. The number of aliphatic hydroxyl groups is 1. The van der Waals surface area contributed by atoms with Crippen LogP contribution in [0.5, 0.6) is 11.5 Å². The largest absolute Gasteiger partial charge is 0.504 e. The number of phenolic OH excluding ortho intramolecular Hbond substituents is 1. The Bertz CT molecular complexity index is 404. The Morgan fingerprint density at radius 2 is 2.11 bits per heavy atom. The smallest absolute Gasteiger partial charge is 0.160 e. The number of ether oxygens (including phenoxy) is 1. The van der Waals surface area contributed by atoms with E-state index in [2.05, 4.69) is 12.2 Å². The second-order valence-corrected chi connectivity index (χ2v) is 5.28. The number of hydrogen-bond acceptors (Lipinski definition) is 4. The molecule has 0 aromatic heterocycles. The molecule has 0 aliphatic heterocycles. The van der Waals surface area contributed by atoms with Gasteiger partial charge in [-0.25, -0.2) is 0 Å². The van der Waals surface area contributed by atoms with Crippen LogP contribution in [0.1, 0.15) is 32.8 Å². The fourth-order valence-electron chi connectivity index (χ4n) is 1.92. The third-order valence-corrected chi connectivity index (χ3v) is 3.73. The fourth-order valence-corrected chi connectivity index (χ4v) is 1.92. The Hall–Kier alpha value is -1.26. The molecule has 0 heterocycles. The molecule has 108 valence electrons. The first-order chi connectivity index (χ1) is 8.90. The van der Waals surface area contributed by atoms with E-state index < -0.39 is 5.60 Å². The Labute approximate surface area is 115 Å². The maximum atomic E-state index is 10.3. The molecule has 0 fully saturated rings. The summed E-state index contributed by atoms with van der Waals surface area (Å²) in [5.74, 6) is 0.843. The van der Waals surface area contributed by atoms with Crippen molar-refractivity contribution in [2.24, 2.45) is 5.92 Å². The summed E-state index contributed by atoms with van der Waals surface area (Å²) in [5, 5.41) is 23.2. The lowest BCUT2D eigenvalue weighted by Crippen LogP contribution is -2.42. The van der Waals surface area contributed by atoms with Crippen LogP contribution < -0.4 is 10.1 Å². The average molecular weight is 267 g/mol. The van der Waals surface area contributed by atoms with Gasteiger partial charge < -0.3 is 20.3 Å². The minimum absolute atomic E-state index is 0.135. The van der Waals surface area contributed by atoms with E-state index in [0.717, 1.165) is 12.0 Å². The lowest BCUT2D eigenvalue weighted by Gasteiger charge is -2.30. The molecular formula is C15H25NO3. The Kier molecular flexibility index (Phi) is 5.63. The predicted octanol–water partition coefficient (Wildman–Crippen LogP) is 2.29. The van der Waals surface area contributed by atoms with Crippen molar-refractivity contribution < 1.29 is 14.9 Å². The molecule has 1 aromatic rings. The Morgan fingerprint density at radius 1 is 1.42 bits per heavy atom. The molecule has 0 aliphatic rings. The van der Waals surface area contributed by atoms with Gasteiger partial charge in [-0.05, 0) is 30.5 Å². The maximum absolute atomic E-state index is 10.3. The summed E-state index contributed by atoms with van der Waals surface area (Å²) in [6, 6.07) is 5.30. The van der Waals surface area contributed by atoms with Gasteiger partial charge in [0.05, 0.1) is 12.7 Å². The number of benzene rings is 1. The summed E-state index contributed by atoms with van der Waals surface area (Å²) in [6.07, 6.45) is 0.942. The number of rotatable bonds is 7. The second-order valence-electron chi connectivity index (χ2n) is 5.28. The summed E-state index contributed by atoms with van der Waals surface area (Å²) in [4.78, 5) is 0. The summed E-state index contributed by atoms with van der Waals surface area (Å²) >= 11 is 0. The van der Waals surface area contributed by atoms with Gasteiger partial charge in [-0.3, -0.25) is 0 Å². The topological polar surface area (TPSA) is 61.7 Å². The highest BCUT2D eigenvalue weighted by molar-refractivity contribution is 5.41. The van der Waals surface area contributed by atoms with Gasteiger partial charge in [0.1, 0.15) is 0 Å². The van der Waals surface area contributed by atoms with Gasteiger partial charge in [-0.2, -0.15) is 0 Å². The molecule has 4 heteroatoms. The Balaban J connectivity index is 2.52. The van der Waals surface area contributed by atoms with Crippen LogP contribution in [-0.4, -0.2) is 29.5 Å². The molecule has 0 amide bonds. The SMILES string of the molecule is CCC(C)C(C)(O)CNCc1ccc(OC)c(O)c1. The molecule has 0 radical (unpaired) electrons. The first kappa shape index (κ1) is 15.8. The van der Waals surface area contributed by atoms with Crippen molar-refractivity contribution in [2.75, 3.05) is 13.7 Å². The zero-order valence-corrected chi connectivity index (χ0v) is 12.2. The molecular weight excluding hydrogens is 242 g/mol. The van der Waals surface area contributed by atoms with Gasteiger partial charge in [0.15, 0.2) is 11.5 Å². The summed E-state index contributed by atoms with van der Waals surface area (Å²) in [6.45, 7) is 7.08. The molecule has 3 N–H and O–H groups in total. The van der Waals surface area contributed by atoms with Gasteiger partial charge in [0, 0.05) is 13.1 Å². The normalized spacial score (nSPS) is 15.8. The van der Waals surface area contributed by atoms with Crippen molar-refractivity contribution in [3.8, 4) is 11.5 Å². The maximum Gasteiger partial charge on any atom is 0.160 e. The van der Waals surface area contributed by atoms with Crippen molar-refractivity contribution in [2.45, 2.75) is 39.3 Å². The van der Waals surface area contributed by atoms with Crippen molar-refractivity contribution in [3.05, 3.63) is 23.8 Å². The fraction of sp³-hybridized carbons (Fsp3) is 0.600. The van der Waals surface area contributed by atoms with Gasteiger partial charge in [-0.1, -0.05) is 26.3 Å². The van der Waals surface area contributed by atoms with Crippen LogP contribution in [0, 0.1) is 5.92 Å². The molecule has 0 spiro atoms. The van der Waals surface area contributed by atoms with Crippen LogP contribution in [0.15, 0.2) is 18.2 Å². The molecule has 4 nitrogen and oxygen atoms in total. The molecule has 19 heavy (non-hydrogen) atoms. The van der Waals surface area contributed by atoms with Crippen molar-refractivity contribution in [3.63, 3.8) is 0 Å². The van der Waals surface area contributed by atoms with Crippen molar-refractivity contribution in [1.82, 2.24) is 5.32 Å². The number of methoxy groups -OCH3 is 1. The monoisotopic (exact) mass is 267 g/mol. The van der Waals surface area contributed by atoms with E-state index in [1.165, 1.54) is 7.11 Å². The van der Waals surface area contributed by atoms with Gasteiger partial charge >= 0.3 is 0 Å². The quantitative estimate of drug-likeness (QED) is 0.709. The average Bonchev–Trinajstić information content (AvgIpc) is 2.37. The van der Waals surface area contributed by atoms with Crippen LogP contribution in [-0.2, 0) is 6.54 Å². The summed E-state index contributed by atoms with van der Waals surface area (Å²) in [5.41, 5.74) is 0.238. The van der Waals surface area contributed by atoms with E-state index in [0.29, 0.717) is 18.8 Å². The number of aromatic hydroxyl groups is 1. The highest BCUT2D eigenvalue weighted by atomic mass is 16.5. The molecule has 2 atom stereocenters. The molecule has 0 bridgehead atoms. The zero-order valence-electron chi connectivity index (χ0n) is 12.2. The van der Waals surface area contributed by atoms with E-state index in [9.17, 15) is 10.2 Å². The van der Waals surface area contributed by atoms with E-state index in [1.807, 2.05) is 19.9 Å². The molecule has 2 unspecified atom stereocenters. The standard InChI is InChI=1S/C15H25NO3/c1-5-11(2)15(3,18)10-16-9-12-6-7-14(19-4)13(17)8-12/h6-8,11,16-18H,5,9-10H2,1-4H3. The summed E-state index contributed by atoms with van der Waals surface area (Å²) < 4.78 is 4.99. The third-order valence-electron chi connectivity index (χ3n) is 3.73. The molecule has 1 aromatic carbocycles. The van der Waals surface area contributed by atoms with Crippen molar-refractivity contribution in [1.29, 1.82) is 0 Å². The van der Waals surface area contributed by atoms with Crippen molar-refractivity contribution >= 4 is 0 Å². The van der Waals surface area contributed by atoms with E-state index in [1.54, 1.807) is 12.1 Å². The number of nitrogens with one attached hydrogen (secondary N) is 1. The van der Waals surface area contributed by atoms with Crippen LogP contribution in [0.2, 0.25) is 0 Å². The first-order valence-electron chi connectivity index (χ1n) is 6.69. The van der Waals surface area contributed by atoms with Gasteiger partial charge in [0.2, 0.25) is 0 Å². The van der Waals surface area contributed by atoms with E-state index in [4.69, 9.17) is 4.74 Å². The second kappa shape index (κ2) is 6.78. The van der Waals surface area contributed by atoms with Gasteiger partial charge in [-0.15, -0.1) is 0 Å². The zero-order chi connectivity index (χ0) is 14.5. The Morgan fingerprint density at radius 3 is 2.63 bits per heavy atom. The minimum Gasteiger partial charge on any atom is -0.504 e. The highest BCUT2D eigenvalue weighted by Gasteiger charge is 2.26. The van der Waals surface area contributed by atoms with Crippen LogP contribution in [0.4, 0.5) is 0 Å². The van der Waals surface area contributed by atoms with Gasteiger partial charge in [0.25, 0.3) is 0 Å². The summed E-state index contributed by atoms with van der Waals surface area (Å²) in [7, 11) is 1.52. The molecule has 0 saturated heterocycles. The van der Waals surface area contributed by atoms with E-state index >= 15 is 0 Å². The lowest BCUT2D eigenvalue weighted by atomic mass is 9.88.